The van der Waals surface area contributed by atoms with E-state index in [2.05, 4.69) is 39.8 Å². The second-order valence-corrected chi connectivity index (χ2v) is 10.2. The van der Waals surface area contributed by atoms with Crippen LogP contribution < -0.4 is 20.4 Å². The fraction of sp³-hybridized carbons (Fsp3) is 0.345. The number of benzodiazepines with no additional fused rings is 1. The number of carbonyl (C=O) groups is 1. The van der Waals surface area contributed by atoms with Crippen LogP contribution in [0.3, 0.4) is 0 Å². The van der Waals surface area contributed by atoms with Gasteiger partial charge in [0.15, 0.2) is 5.11 Å². The molecule has 6 nitrogen and oxygen atoms in total. The summed E-state index contributed by atoms with van der Waals surface area (Å²) in [6, 6.07) is 20.4. The van der Waals surface area contributed by atoms with E-state index in [1.807, 2.05) is 57.5 Å². The van der Waals surface area contributed by atoms with Gasteiger partial charge in [0.2, 0.25) is 6.17 Å². The topological polar surface area (TPSA) is 60.0 Å². The number of carbonyl (C=O) groups excluding carboxylic acids is 1. The van der Waals surface area contributed by atoms with Gasteiger partial charge in [-0.1, -0.05) is 61.7 Å². The van der Waals surface area contributed by atoms with Gasteiger partial charge in [-0.25, -0.2) is 0 Å². The average Bonchev–Trinajstić information content (AvgIpc) is 3.00. The van der Waals surface area contributed by atoms with Crippen LogP contribution in [0.1, 0.15) is 37.7 Å². The van der Waals surface area contributed by atoms with Gasteiger partial charge >= 0.3 is 0 Å². The quantitative estimate of drug-likeness (QED) is 0.460. The van der Waals surface area contributed by atoms with E-state index >= 15 is 0 Å². The van der Waals surface area contributed by atoms with Crippen molar-refractivity contribution in [3.05, 3.63) is 66.2 Å². The molecule has 36 heavy (non-hydrogen) atoms. The summed E-state index contributed by atoms with van der Waals surface area (Å²) in [4.78, 5) is 22.4. The lowest BCUT2D eigenvalue weighted by molar-refractivity contribution is -0.119. The molecule has 1 unspecified atom stereocenters. The van der Waals surface area contributed by atoms with E-state index < -0.39 is 6.17 Å². The van der Waals surface area contributed by atoms with Gasteiger partial charge in [-0.05, 0) is 43.3 Å². The molecule has 1 aliphatic carbocycles. The zero-order valence-electron chi connectivity index (χ0n) is 21.1. The minimum Gasteiger partial charge on any atom is -0.377 e. The van der Waals surface area contributed by atoms with Crippen LogP contribution in [0.4, 0.5) is 17.1 Å². The molecule has 0 saturated heterocycles. The Kier molecular flexibility index (Phi) is 6.92. The molecule has 0 aromatic heterocycles. The van der Waals surface area contributed by atoms with Crippen LogP contribution in [0.5, 0.6) is 0 Å². The molecule has 1 amide bonds. The van der Waals surface area contributed by atoms with Gasteiger partial charge in [0.05, 0.1) is 11.4 Å². The van der Waals surface area contributed by atoms with Gasteiger partial charge in [0, 0.05) is 54.8 Å². The molecule has 186 valence electrons. The van der Waals surface area contributed by atoms with E-state index in [-0.39, 0.29) is 5.91 Å². The zero-order chi connectivity index (χ0) is 25.2. The largest absolute Gasteiger partial charge is 0.377 e. The Bertz CT molecular complexity index is 1330. The maximum atomic E-state index is 13.5. The van der Waals surface area contributed by atoms with Crippen molar-refractivity contribution < 1.29 is 4.79 Å². The number of benzene rings is 3. The number of likely N-dealkylation sites (N-methyl/N-ethyl adjacent to an activating group) is 1. The van der Waals surface area contributed by atoms with Gasteiger partial charge in [-0.3, -0.25) is 9.79 Å². The van der Waals surface area contributed by atoms with Crippen molar-refractivity contribution in [2.75, 3.05) is 36.3 Å². The fourth-order valence-corrected chi connectivity index (χ4v) is 5.63. The third-order valence-corrected chi connectivity index (χ3v) is 7.48. The molecule has 1 heterocycles. The maximum Gasteiger partial charge on any atom is 0.272 e. The van der Waals surface area contributed by atoms with Gasteiger partial charge in [-0.2, -0.15) is 0 Å². The number of fused-ring (bicyclic) bond motifs is 2. The molecule has 0 bridgehead atoms. The predicted octanol–water partition coefficient (Wildman–Crippen LogP) is 5.56. The average molecular weight is 500 g/mol. The number of anilines is 3. The zero-order valence-corrected chi connectivity index (χ0v) is 21.9. The molecule has 1 saturated carbocycles. The van der Waals surface area contributed by atoms with E-state index in [9.17, 15) is 4.79 Å². The second-order valence-electron chi connectivity index (χ2n) is 9.84. The lowest BCUT2D eigenvalue weighted by atomic mass is 9.83. The molecule has 3 aromatic carbocycles. The highest BCUT2D eigenvalue weighted by molar-refractivity contribution is 7.80. The summed E-state index contributed by atoms with van der Waals surface area (Å²) in [5, 5.41) is 9.13. The fourth-order valence-electron chi connectivity index (χ4n) is 5.41. The molecule has 1 aliphatic heterocycles. The van der Waals surface area contributed by atoms with Crippen molar-refractivity contribution >= 4 is 56.8 Å². The highest BCUT2D eigenvalue weighted by Crippen LogP contribution is 2.34. The summed E-state index contributed by atoms with van der Waals surface area (Å²) in [7, 11) is 5.89. The number of hydrogen-bond donors (Lipinski definition) is 2. The molecule has 7 heteroatoms. The van der Waals surface area contributed by atoms with Crippen molar-refractivity contribution in [2.24, 2.45) is 10.9 Å². The third kappa shape index (κ3) is 4.67. The smallest absolute Gasteiger partial charge is 0.272 e. The Morgan fingerprint density at radius 2 is 1.67 bits per heavy atom. The number of rotatable bonds is 4. The van der Waals surface area contributed by atoms with E-state index in [4.69, 9.17) is 17.2 Å². The minimum atomic E-state index is -0.786. The second kappa shape index (κ2) is 10.3. The van der Waals surface area contributed by atoms with Crippen molar-refractivity contribution in [1.29, 1.82) is 0 Å². The molecule has 0 spiro atoms. The number of thiocarbonyl (C=S) groups is 1. The van der Waals surface area contributed by atoms with E-state index in [0.717, 1.165) is 52.0 Å². The normalized spacial score (nSPS) is 18.3. The lowest BCUT2D eigenvalue weighted by Gasteiger charge is -2.25. The van der Waals surface area contributed by atoms with Crippen LogP contribution in [0.25, 0.3) is 10.8 Å². The molecule has 5 rings (SSSR count). The Hall–Kier alpha value is -3.45. The molecular weight excluding hydrogens is 466 g/mol. The lowest BCUT2D eigenvalue weighted by Crippen LogP contribution is -2.47. The predicted molar refractivity (Wildman–Crippen MR) is 154 cm³/mol. The van der Waals surface area contributed by atoms with E-state index in [1.54, 1.807) is 4.90 Å². The number of para-hydroxylation sites is 1. The number of aliphatic imine (C=N–C) groups is 1. The van der Waals surface area contributed by atoms with Crippen molar-refractivity contribution in [3.8, 4) is 0 Å². The third-order valence-electron chi connectivity index (χ3n) is 7.26. The minimum absolute atomic E-state index is 0.120. The Labute approximate surface area is 218 Å². The van der Waals surface area contributed by atoms with Crippen molar-refractivity contribution in [2.45, 2.75) is 38.3 Å². The summed E-state index contributed by atoms with van der Waals surface area (Å²) in [6.45, 7) is 0. The van der Waals surface area contributed by atoms with Crippen LogP contribution in [0, 0.1) is 5.92 Å². The summed E-state index contributed by atoms with van der Waals surface area (Å²) in [5.41, 5.74) is 5.00. The van der Waals surface area contributed by atoms with Crippen LogP contribution in [0.2, 0.25) is 0 Å². The molecular formula is C29H33N5OS. The molecule has 3 aromatic rings. The number of nitrogens with zero attached hydrogens (tertiary/aromatic N) is 3. The van der Waals surface area contributed by atoms with Gasteiger partial charge in [0.25, 0.3) is 5.91 Å². The van der Waals surface area contributed by atoms with Gasteiger partial charge < -0.3 is 20.4 Å². The summed E-state index contributed by atoms with van der Waals surface area (Å²) >= 11 is 5.71. The number of hydrogen-bond acceptors (Lipinski definition) is 4. The first-order valence-electron chi connectivity index (χ1n) is 12.7. The van der Waals surface area contributed by atoms with Crippen molar-refractivity contribution in [3.63, 3.8) is 0 Å². The maximum absolute atomic E-state index is 13.5. The first kappa shape index (κ1) is 24.3. The van der Waals surface area contributed by atoms with Crippen LogP contribution in [0.15, 0.2) is 65.7 Å². The van der Waals surface area contributed by atoms with Gasteiger partial charge in [-0.15, -0.1) is 0 Å². The molecule has 2 N–H and O–H groups in total. The highest BCUT2D eigenvalue weighted by Gasteiger charge is 2.33. The van der Waals surface area contributed by atoms with Gasteiger partial charge in [0.1, 0.15) is 0 Å². The summed E-state index contributed by atoms with van der Waals surface area (Å²) in [5.74, 6) is 0.234. The molecule has 0 radical (unpaired) electrons. The summed E-state index contributed by atoms with van der Waals surface area (Å²) < 4.78 is 0. The Morgan fingerprint density at radius 3 is 2.42 bits per heavy atom. The number of nitrogens with one attached hydrogen (secondary N) is 2. The van der Waals surface area contributed by atoms with Crippen LogP contribution >= 0.6 is 12.2 Å². The van der Waals surface area contributed by atoms with Crippen LogP contribution in [-0.2, 0) is 4.79 Å². The Balaban J connectivity index is 1.45. The van der Waals surface area contributed by atoms with E-state index in [1.165, 1.54) is 19.3 Å². The van der Waals surface area contributed by atoms with E-state index in [0.29, 0.717) is 11.0 Å². The highest BCUT2D eigenvalue weighted by atomic mass is 32.1. The monoisotopic (exact) mass is 499 g/mol. The SMILES string of the molecule is CN(C)c1ccc(NC(=S)NC2N=C(C3CCCCC3)c3ccccc3N(C)C2=O)c2ccccc12. The summed E-state index contributed by atoms with van der Waals surface area (Å²) in [6.07, 6.45) is 5.08. The number of amides is 1. The first-order chi connectivity index (χ1) is 17.4. The first-order valence-corrected chi connectivity index (χ1v) is 13.1. The molecule has 1 atom stereocenters. The van der Waals surface area contributed by atoms with Crippen molar-refractivity contribution in [1.82, 2.24) is 5.32 Å². The standard InChI is InChI=1S/C29H33N5OS/c1-33(2)24-18-17-23(20-13-7-8-14-21(20)24)30-29(36)32-27-28(35)34(3)25-16-10-9-15-22(25)26(31-27)19-11-5-4-6-12-19/h7-10,13-19,27H,4-6,11-12H2,1-3H3,(H2,30,32,36). The molecule has 1 fully saturated rings. The molecule has 2 aliphatic rings. The Morgan fingerprint density at radius 1 is 0.972 bits per heavy atom. The van der Waals surface area contributed by atoms with Crippen LogP contribution in [-0.4, -0.2) is 44.0 Å².